The second kappa shape index (κ2) is 10.7. The highest BCUT2D eigenvalue weighted by molar-refractivity contribution is 8.29. The van der Waals surface area contributed by atoms with Gasteiger partial charge >= 0.3 is 0 Å². The molecule has 0 amide bonds. The highest BCUT2D eigenvalue weighted by Gasteiger charge is 2.29. The fraction of sp³-hybridized carbons (Fsp3) is 0.538. The molecule has 33 heavy (non-hydrogen) atoms. The van der Waals surface area contributed by atoms with Crippen molar-refractivity contribution in [3.63, 3.8) is 0 Å². The van der Waals surface area contributed by atoms with Crippen LogP contribution in [0.5, 0.6) is 11.6 Å². The number of benzene rings is 1. The van der Waals surface area contributed by atoms with Gasteiger partial charge in [0.1, 0.15) is 11.4 Å². The number of carbonyl (C=O) groups excluding carboxylic acids is 1. The van der Waals surface area contributed by atoms with Crippen molar-refractivity contribution < 1.29 is 18.5 Å². The van der Waals surface area contributed by atoms with Gasteiger partial charge < -0.3 is 13.7 Å². The number of hydrogen-bond acceptors (Lipinski definition) is 5. The molecule has 1 heterocycles. The number of aromatic nitrogens is 1. The van der Waals surface area contributed by atoms with Crippen molar-refractivity contribution in [3.05, 3.63) is 52.2 Å². The van der Waals surface area contributed by atoms with E-state index in [0.717, 1.165) is 37.9 Å². The lowest BCUT2D eigenvalue weighted by molar-refractivity contribution is 0.103. The van der Waals surface area contributed by atoms with Crippen LogP contribution >= 0.6 is 21.9 Å². The van der Waals surface area contributed by atoms with Crippen molar-refractivity contribution in [1.29, 1.82) is 0 Å². The lowest BCUT2D eigenvalue weighted by Gasteiger charge is -2.43. The van der Waals surface area contributed by atoms with E-state index < -0.39 is 10.3 Å². The molecular formula is C26H36ClNO4S. The normalized spacial score (nSPS) is 14.8. The van der Waals surface area contributed by atoms with E-state index in [1.807, 2.05) is 6.07 Å². The number of methoxy groups -OCH3 is 1. The van der Waals surface area contributed by atoms with Gasteiger partial charge in [-0.2, -0.15) is 0 Å². The number of nitrogens with zero attached hydrogens (tertiary/aromatic N) is 1. The number of rotatable bonds is 11. The molecule has 1 aliphatic rings. The molecule has 3 rings (SSSR count). The van der Waals surface area contributed by atoms with Crippen LogP contribution in [0.2, 0.25) is 5.02 Å². The van der Waals surface area contributed by atoms with E-state index in [9.17, 15) is 4.79 Å². The van der Waals surface area contributed by atoms with Gasteiger partial charge in [0, 0.05) is 15.9 Å². The maximum Gasteiger partial charge on any atom is 0.217 e. The van der Waals surface area contributed by atoms with Crippen molar-refractivity contribution in [1.82, 2.24) is 4.98 Å². The third-order valence-corrected chi connectivity index (χ3v) is 10.2. The minimum absolute atomic E-state index is 0.163. The first-order valence-corrected chi connectivity index (χ1v) is 14.2. The van der Waals surface area contributed by atoms with Crippen LogP contribution in [0.15, 0.2) is 30.3 Å². The smallest absolute Gasteiger partial charge is 0.217 e. The molecule has 0 aliphatic heterocycles. The molecule has 0 spiro atoms. The molecule has 0 saturated heterocycles. The first-order chi connectivity index (χ1) is 15.5. The average Bonchev–Trinajstić information content (AvgIpc) is 3.60. The molecule has 0 radical (unpaired) electrons. The van der Waals surface area contributed by atoms with Crippen LogP contribution in [0.4, 0.5) is 0 Å². The Morgan fingerprint density at radius 3 is 2.42 bits per heavy atom. The molecule has 0 bridgehead atoms. The molecule has 2 aromatic rings. The summed E-state index contributed by atoms with van der Waals surface area (Å²) in [6.07, 6.45) is 8.49. The summed E-state index contributed by atoms with van der Waals surface area (Å²) in [4.78, 5) is 17.4. The van der Waals surface area contributed by atoms with Gasteiger partial charge in [0.2, 0.25) is 11.7 Å². The zero-order valence-electron chi connectivity index (χ0n) is 20.6. The molecule has 0 N–H and O–H groups in total. The monoisotopic (exact) mass is 493 g/mol. The lowest BCUT2D eigenvalue weighted by atomic mass is 10.1. The Labute approximate surface area is 204 Å². The Kier molecular flexibility index (Phi) is 8.35. The van der Waals surface area contributed by atoms with Crippen molar-refractivity contribution in [2.45, 2.75) is 57.1 Å². The molecule has 1 aromatic carbocycles. The highest BCUT2D eigenvalue weighted by Crippen LogP contribution is 2.53. The number of pyridine rings is 1. The molecule has 1 fully saturated rings. The Morgan fingerprint density at radius 2 is 1.82 bits per heavy atom. The molecule has 1 aromatic heterocycles. The Hall–Kier alpha value is -1.76. The fourth-order valence-corrected chi connectivity index (χ4v) is 4.31. The second-order valence-electron chi connectivity index (χ2n) is 9.77. The van der Waals surface area contributed by atoms with Gasteiger partial charge in [0.15, 0.2) is 0 Å². The quantitative estimate of drug-likeness (QED) is 0.254. The third kappa shape index (κ3) is 6.65. The number of unbranched alkanes of at least 4 members (excludes halogenated alkanes) is 1. The van der Waals surface area contributed by atoms with Gasteiger partial charge in [-0.05, 0) is 68.4 Å². The number of ketones is 1. The first-order valence-electron chi connectivity index (χ1n) is 11.4. The van der Waals surface area contributed by atoms with Gasteiger partial charge in [-0.1, -0.05) is 38.4 Å². The minimum atomic E-state index is -1.09. The van der Waals surface area contributed by atoms with Crippen molar-refractivity contribution in [3.8, 4) is 11.6 Å². The molecule has 1 aliphatic carbocycles. The van der Waals surface area contributed by atoms with Crippen molar-refractivity contribution in [2.24, 2.45) is 0 Å². The number of halogens is 1. The van der Waals surface area contributed by atoms with Crippen LogP contribution in [0.3, 0.4) is 0 Å². The summed E-state index contributed by atoms with van der Waals surface area (Å²) in [5.41, 5.74) is 1.90. The predicted molar refractivity (Wildman–Crippen MR) is 138 cm³/mol. The van der Waals surface area contributed by atoms with E-state index in [4.69, 9.17) is 25.3 Å². The zero-order valence-corrected chi connectivity index (χ0v) is 22.1. The third-order valence-electron chi connectivity index (χ3n) is 6.18. The summed E-state index contributed by atoms with van der Waals surface area (Å²) in [7, 11) is 0.493. The maximum absolute atomic E-state index is 12.9. The van der Waals surface area contributed by atoms with Crippen molar-refractivity contribution >= 4 is 27.7 Å². The zero-order chi connectivity index (χ0) is 24.2. The van der Waals surface area contributed by atoms with E-state index in [0.29, 0.717) is 40.4 Å². The molecule has 182 valence electrons. The second-order valence-corrected chi connectivity index (χ2v) is 14.1. The summed E-state index contributed by atoms with van der Waals surface area (Å²) in [5, 5.41) is 0.414. The summed E-state index contributed by atoms with van der Waals surface area (Å²) >= 11 is 6.40. The number of carbonyl (C=O) groups is 1. The summed E-state index contributed by atoms with van der Waals surface area (Å²) in [6, 6.07) is 8.82. The fourth-order valence-electron chi connectivity index (χ4n) is 3.18. The van der Waals surface area contributed by atoms with Crippen molar-refractivity contribution in [2.75, 3.05) is 32.8 Å². The SMILES string of the molecule is COc1nc(C(=O)c2ccc(OCCCCOS(C)(C)C(C)(C)C)c(Cl)c2)ccc1C1CC1. The molecule has 5 nitrogen and oxygen atoms in total. The number of hydrogen-bond donors (Lipinski definition) is 0. The van der Waals surface area contributed by atoms with Crippen LogP contribution in [0.25, 0.3) is 0 Å². The average molecular weight is 494 g/mol. The molecule has 7 heteroatoms. The summed E-state index contributed by atoms with van der Waals surface area (Å²) < 4.78 is 17.5. The first kappa shape index (κ1) is 25.9. The van der Waals surface area contributed by atoms with Gasteiger partial charge in [-0.15, -0.1) is 10.3 Å². The Bertz CT molecular complexity index is 983. The molecular weight excluding hydrogens is 458 g/mol. The molecule has 1 saturated carbocycles. The van der Waals surface area contributed by atoms with Crippen LogP contribution < -0.4 is 9.47 Å². The summed E-state index contributed by atoms with van der Waals surface area (Å²) in [6.45, 7) is 7.93. The summed E-state index contributed by atoms with van der Waals surface area (Å²) in [5.74, 6) is 1.42. The van der Waals surface area contributed by atoms with Crippen LogP contribution in [-0.2, 0) is 4.18 Å². The van der Waals surface area contributed by atoms with Gasteiger partial charge in [-0.3, -0.25) is 4.79 Å². The minimum Gasteiger partial charge on any atom is -0.492 e. The van der Waals surface area contributed by atoms with Gasteiger partial charge in [-0.25, -0.2) is 4.98 Å². The lowest BCUT2D eigenvalue weighted by Crippen LogP contribution is -2.25. The maximum atomic E-state index is 12.9. The van der Waals surface area contributed by atoms with Crippen LogP contribution in [0, 0.1) is 0 Å². The van der Waals surface area contributed by atoms with E-state index in [-0.39, 0.29) is 10.5 Å². The predicted octanol–water partition coefficient (Wildman–Crippen LogP) is 6.81. The van der Waals surface area contributed by atoms with E-state index in [1.54, 1.807) is 31.4 Å². The molecule has 0 atom stereocenters. The Morgan fingerprint density at radius 1 is 1.12 bits per heavy atom. The van der Waals surface area contributed by atoms with E-state index >= 15 is 0 Å². The van der Waals surface area contributed by atoms with Gasteiger partial charge in [0.25, 0.3) is 0 Å². The number of ether oxygens (including phenoxy) is 2. The highest BCUT2D eigenvalue weighted by atomic mass is 35.5. The van der Waals surface area contributed by atoms with E-state index in [1.165, 1.54) is 0 Å². The standard InChI is InChI=1S/C26H36ClNO4S/c1-26(2,3)33(5,6)32-16-8-7-15-31-23-14-11-19(17-21(23)27)24(29)22-13-12-20(18-9-10-18)25(28-22)30-4/h11-14,17-18H,7-10,15-16H2,1-6H3. The Balaban J connectivity index is 1.52. The molecule has 0 unspecified atom stereocenters. The van der Waals surface area contributed by atoms with Crippen LogP contribution in [-0.4, -0.2) is 48.3 Å². The largest absolute Gasteiger partial charge is 0.492 e. The topological polar surface area (TPSA) is 57.7 Å². The van der Waals surface area contributed by atoms with E-state index in [2.05, 4.69) is 38.3 Å². The van der Waals surface area contributed by atoms with Gasteiger partial charge in [0.05, 0.1) is 25.3 Å². The van der Waals surface area contributed by atoms with Crippen LogP contribution in [0.1, 0.15) is 74.0 Å².